The maximum atomic E-state index is 10.3. The maximum absolute atomic E-state index is 10.3. The number of rotatable bonds is 3. The van der Waals surface area contributed by atoms with E-state index in [1.807, 2.05) is 38.1 Å². The summed E-state index contributed by atoms with van der Waals surface area (Å²) in [4.78, 5) is 0. The highest BCUT2D eigenvalue weighted by Gasteiger charge is 2.16. The number of aromatic nitrogens is 2. The van der Waals surface area contributed by atoms with E-state index in [9.17, 15) is 5.11 Å². The molecule has 0 aliphatic heterocycles. The zero-order valence-electron chi connectivity index (χ0n) is 10.8. The molecule has 0 spiro atoms. The average Bonchev–Trinajstić information content (AvgIpc) is 2.56. The van der Waals surface area contributed by atoms with Crippen LogP contribution in [0.2, 0.25) is 5.15 Å². The lowest BCUT2D eigenvalue weighted by atomic mass is 10.0. The Morgan fingerprint density at radius 3 is 2.67 bits per heavy atom. The van der Waals surface area contributed by atoms with E-state index in [2.05, 4.69) is 5.10 Å². The zero-order chi connectivity index (χ0) is 13.3. The van der Waals surface area contributed by atoms with Gasteiger partial charge in [0.15, 0.2) is 0 Å². The van der Waals surface area contributed by atoms with E-state index in [1.54, 1.807) is 11.7 Å². The highest BCUT2D eigenvalue weighted by Crippen LogP contribution is 2.25. The van der Waals surface area contributed by atoms with E-state index in [-0.39, 0.29) is 0 Å². The first kappa shape index (κ1) is 13.1. The molecule has 4 heteroatoms. The van der Waals surface area contributed by atoms with E-state index in [0.29, 0.717) is 11.6 Å². The lowest BCUT2D eigenvalue weighted by Gasteiger charge is -2.11. The van der Waals surface area contributed by atoms with Crippen molar-refractivity contribution >= 4 is 11.6 Å². The fourth-order valence-electron chi connectivity index (χ4n) is 2.09. The quantitative estimate of drug-likeness (QED) is 0.926. The molecule has 18 heavy (non-hydrogen) atoms. The number of hydrogen-bond donors (Lipinski definition) is 1. The molecule has 0 bridgehead atoms. The molecule has 2 aromatic rings. The van der Waals surface area contributed by atoms with Crippen LogP contribution in [-0.4, -0.2) is 14.9 Å². The van der Waals surface area contributed by atoms with Crippen molar-refractivity contribution in [1.82, 2.24) is 9.78 Å². The van der Waals surface area contributed by atoms with Crippen molar-refractivity contribution in [3.63, 3.8) is 0 Å². The lowest BCUT2D eigenvalue weighted by Crippen LogP contribution is -2.03. The number of nitrogens with zero attached hydrogens (tertiary/aromatic N) is 2. The molecule has 1 aromatic heterocycles. The molecule has 0 radical (unpaired) electrons. The number of aryl methyl sites for hydroxylation is 3. The number of aliphatic hydroxyl groups excluding tert-OH is 1. The van der Waals surface area contributed by atoms with Gasteiger partial charge in [0, 0.05) is 19.0 Å². The Morgan fingerprint density at radius 2 is 2.11 bits per heavy atom. The van der Waals surface area contributed by atoms with Crippen molar-refractivity contribution in [2.45, 2.75) is 26.4 Å². The van der Waals surface area contributed by atoms with Crippen molar-refractivity contribution in [2.24, 2.45) is 7.05 Å². The summed E-state index contributed by atoms with van der Waals surface area (Å²) in [5.41, 5.74) is 3.83. The second-order valence-electron chi connectivity index (χ2n) is 4.61. The second kappa shape index (κ2) is 5.12. The Bertz CT molecular complexity index is 563. The minimum absolute atomic E-state index is 0.488. The minimum Gasteiger partial charge on any atom is -0.388 e. The van der Waals surface area contributed by atoms with Crippen LogP contribution in [-0.2, 0) is 13.5 Å². The first-order valence-electron chi connectivity index (χ1n) is 5.91. The average molecular weight is 265 g/mol. The van der Waals surface area contributed by atoms with Gasteiger partial charge in [-0.2, -0.15) is 5.10 Å². The van der Waals surface area contributed by atoms with E-state index >= 15 is 0 Å². The van der Waals surface area contributed by atoms with Crippen molar-refractivity contribution in [1.29, 1.82) is 0 Å². The molecule has 0 amide bonds. The van der Waals surface area contributed by atoms with Crippen LogP contribution in [0, 0.1) is 13.8 Å². The monoisotopic (exact) mass is 264 g/mol. The molecule has 0 aliphatic carbocycles. The van der Waals surface area contributed by atoms with Crippen LogP contribution in [0.5, 0.6) is 0 Å². The van der Waals surface area contributed by atoms with Gasteiger partial charge in [0.1, 0.15) is 5.15 Å². The van der Waals surface area contributed by atoms with E-state index < -0.39 is 6.10 Å². The molecule has 3 nitrogen and oxygen atoms in total. The predicted molar refractivity (Wildman–Crippen MR) is 72.8 cm³/mol. The summed E-state index contributed by atoms with van der Waals surface area (Å²) in [7, 11) is 1.80. The maximum Gasteiger partial charge on any atom is 0.130 e. The topological polar surface area (TPSA) is 38.1 Å². The number of aliphatic hydroxyl groups is 1. The zero-order valence-corrected chi connectivity index (χ0v) is 11.6. The van der Waals surface area contributed by atoms with E-state index in [0.717, 1.165) is 22.4 Å². The normalized spacial score (nSPS) is 12.7. The molecule has 1 unspecified atom stereocenters. The van der Waals surface area contributed by atoms with Gasteiger partial charge in [-0.25, -0.2) is 0 Å². The molecule has 1 aromatic carbocycles. The van der Waals surface area contributed by atoms with Crippen LogP contribution in [0.1, 0.15) is 28.5 Å². The van der Waals surface area contributed by atoms with Crippen LogP contribution < -0.4 is 0 Å². The Labute approximate surface area is 112 Å². The van der Waals surface area contributed by atoms with Crippen molar-refractivity contribution in [2.75, 3.05) is 0 Å². The molecule has 1 heterocycles. The first-order chi connectivity index (χ1) is 8.49. The molecule has 2 rings (SSSR count). The van der Waals surface area contributed by atoms with Crippen LogP contribution in [0.3, 0.4) is 0 Å². The highest BCUT2D eigenvalue weighted by molar-refractivity contribution is 6.30. The van der Waals surface area contributed by atoms with Gasteiger partial charge in [-0.05, 0) is 19.4 Å². The SMILES string of the molecule is Cc1cccc(C(O)Cc2c(C)nn(C)c2Cl)c1. The summed E-state index contributed by atoms with van der Waals surface area (Å²) >= 11 is 6.17. The van der Waals surface area contributed by atoms with Gasteiger partial charge in [0.2, 0.25) is 0 Å². The summed E-state index contributed by atoms with van der Waals surface area (Å²) in [6.45, 7) is 3.92. The van der Waals surface area contributed by atoms with Gasteiger partial charge >= 0.3 is 0 Å². The highest BCUT2D eigenvalue weighted by atomic mass is 35.5. The van der Waals surface area contributed by atoms with Crippen LogP contribution in [0.25, 0.3) is 0 Å². The van der Waals surface area contributed by atoms with Crippen molar-refractivity contribution < 1.29 is 5.11 Å². The summed E-state index contributed by atoms with van der Waals surface area (Å²) in [5.74, 6) is 0. The Balaban J connectivity index is 2.24. The third-order valence-corrected chi connectivity index (χ3v) is 3.57. The molecule has 0 fully saturated rings. The third-order valence-electron chi connectivity index (χ3n) is 3.09. The lowest BCUT2D eigenvalue weighted by molar-refractivity contribution is 0.178. The van der Waals surface area contributed by atoms with Crippen LogP contribution in [0.15, 0.2) is 24.3 Å². The second-order valence-corrected chi connectivity index (χ2v) is 4.97. The summed E-state index contributed by atoms with van der Waals surface area (Å²) in [6.07, 6.45) is -0.0626. The third kappa shape index (κ3) is 2.57. The Hall–Kier alpha value is -1.32. The van der Waals surface area contributed by atoms with Crippen molar-refractivity contribution in [3.8, 4) is 0 Å². The van der Waals surface area contributed by atoms with Gasteiger partial charge in [-0.1, -0.05) is 41.4 Å². The van der Waals surface area contributed by atoms with Gasteiger partial charge in [0.25, 0.3) is 0 Å². The molecule has 1 N–H and O–H groups in total. The minimum atomic E-state index is -0.551. The standard InChI is InChI=1S/C14H17ClN2O/c1-9-5-4-6-11(7-9)13(18)8-12-10(2)16-17(3)14(12)15/h4-7,13,18H,8H2,1-3H3. The Morgan fingerprint density at radius 1 is 1.39 bits per heavy atom. The number of benzene rings is 1. The fourth-order valence-corrected chi connectivity index (χ4v) is 2.35. The molecule has 0 saturated heterocycles. The summed E-state index contributed by atoms with van der Waals surface area (Å²) in [5, 5.41) is 15.1. The molecular formula is C14H17ClN2O. The number of halogens is 1. The van der Waals surface area contributed by atoms with Crippen LogP contribution in [0.4, 0.5) is 0 Å². The van der Waals surface area contributed by atoms with Crippen LogP contribution >= 0.6 is 11.6 Å². The summed E-state index contributed by atoms with van der Waals surface area (Å²) in [6, 6.07) is 7.88. The molecular weight excluding hydrogens is 248 g/mol. The van der Waals surface area contributed by atoms with E-state index in [1.165, 1.54) is 0 Å². The largest absolute Gasteiger partial charge is 0.388 e. The fraction of sp³-hybridized carbons (Fsp3) is 0.357. The Kier molecular flexibility index (Phi) is 3.73. The predicted octanol–water partition coefficient (Wildman–Crippen LogP) is 2.97. The van der Waals surface area contributed by atoms with Gasteiger partial charge in [-0.3, -0.25) is 4.68 Å². The molecule has 0 saturated carbocycles. The van der Waals surface area contributed by atoms with Crippen molar-refractivity contribution in [3.05, 3.63) is 51.8 Å². The van der Waals surface area contributed by atoms with Gasteiger partial charge < -0.3 is 5.11 Å². The summed E-state index contributed by atoms with van der Waals surface area (Å²) < 4.78 is 1.63. The molecule has 0 aliphatic rings. The molecule has 1 atom stereocenters. The van der Waals surface area contributed by atoms with E-state index in [4.69, 9.17) is 11.6 Å². The van der Waals surface area contributed by atoms with Gasteiger partial charge in [0.05, 0.1) is 11.8 Å². The molecule has 96 valence electrons. The first-order valence-corrected chi connectivity index (χ1v) is 6.29. The van der Waals surface area contributed by atoms with Gasteiger partial charge in [-0.15, -0.1) is 0 Å². The smallest absolute Gasteiger partial charge is 0.130 e. The number of hydrogen-bond acceptors (Lipinski definition) is 2.